The van der Waals surface area contributed by atoms with Crippen LogP contribution >= 0.6 is 11.3 Å². The van der Waals surface area contributed by atoms with Crippen molar-refractivity contribution in [3.8, 4) is 6.07 Å². The number of nitrogens with zero attached hydrogens (tertiary/aromatic N) is 3. The van der Waals surface area contributed by atoms with Crippen LogP contribution in [0.1, 0.15) is 23.1 Å². The lowest BCUT2D eigenvalue weighted by atomic mass is 9.75. The van der Waals surface area contributed by atoms with Crippen molar-refractivity contribution in [2.45, 2.75) is 18.4 Å². The van der Waals surface area contributed by atoms with Crippen molar-refractivity contribution >= 4 is 11.3 Å². The van der Waals surface area contributed by atoms with E-state index in [9.17, 15) is 10.4 Å². The zero-order valence-corrected chi connectivity index (χ0v) is 16.4. The molecule has 1 aromatic carbocycles. The van der Waals surface area contributed by atoms with Crippen LogP contribution < -0.4 is 0 Å². The van der Waals surface area contributed by atoms with Crippen LogP contribution in [0.3, 0.4) is 0 Å². The number of likely N-dealkylation sites (tertiary alicyclic amines) is 1. The Kier molecular flexibility index (Phi) is 6.10. The zero-order chi connectivity index (χ0) is 18.6. The third kappa shape index (κ3) is 4.33. The molecule has 1 fully saturated rings. The molecule has 0 radical (unpaired) electrons. The maximum absolute atomic E-state index is 11.6. The van der Waals surface area contributed by atoms with Gasteiger partial charge in [-0.3, -0.25) is 0 Å². The molecule has 0 spiro atoms. The molecule has 1 N–H and O–H groups in total. The Balaban J connectivity index is 1.76. The van der Waals surface area contributed by atoms with Crippen molar-refractivity contribution in [3.05, 3.63) is 57.8 Å². The summed E-state index contributed by atoms with van der Waals surface area (Å²) in [4.78, 5) is 4.61. The minimum atomic E-state index is -0.879. The lowest BCUT2D eigenvalue weighted by Crippen LogP contribution is -2.53. The number of thiophene rings is 1. The Hall–Kier alpha value is -1.71. The average Bonchev–Trinajstić information content (AvgIpc) is 3.15. The number of benzene rings is 1. The molecule has 3 rings (SSSR count). The van der Waals surface area contributed by atoms with E-state index in [1.165, 1.54) is 5.56 Å². The predicted octanol–water partition coefficient (Wildman–Crippen LogP) is 2.93. The molecule has 1 aliphatic heterocycles. The van der Waals surface area contributed by atoms with Gasteiger partial charge in [0, 0.05) is 32.1 Å². The molecule has 0 amide bonds. The van der Waals surface area contributed by atoms with Crippen molar-refractivity contribution < 1.29 is 5.11 Å². The van der Waals surface area contributed by atoms with E-state index in [0.717, 1.165) is 38.2 Å². The first-order valence-corrected chi connectivity index (χ1v) is 10.1. The molecule has 2 heterocycles. The second kappa shape index (κ2) is 8.32. The minimum Gasteiger partial charge on any atom is -0.385 e. The number of hydrogen-bond donors (Lipinski definition) is 1. The minimum absolute atomic E-state index is 0.114. The quantitative estimate of drug-likeness (QED) is 0.851. The van der Waals surface area contributed by atoms with Crippen LogP contribution in [0.15, 0.2) is 41.1 Å². The van der Waals surface area contributed by atoms with Gasteiger partial charge in [0.2, 0.25) is 0 Å². The van der Waals surface area contributed by atoms with Crippen molar-refractivity contribution in [3.63, 3.8) is 0 Å². The summed E-state index contributed by atoms with van der Waals surface area (Å²) in [7, 11) is 4.10. The van der Waals surface area contributed by atoms with Crippen LogP contribution in [0.25, 0.3) is 0 Å². The van der Waals surface area contributed by atoms with Crippen molar-refractivity contribution in [1.29, 1.82) is 5.26 Å². The first kappa shape index (κ1) is 19.1. The van der Waals surface area contributed by atoms with Gasteiger partial charge in [-0.2, -0.15) is 16.6 Å². The molecule has 2 atom stereocenters. The molecular formula is C21H27N3OS. The van der Waals surface area contributed by atoms with Gasteiger partial charge >= 0.3 is 0 Å². The molecule has 4 nitrogen and oxygen atoms in total. The lowest BCUT2D eigenvalue weighted by molar-refractivity contribution is -0.0843. The van der Waals surface area contributed by atoms with E-state index in [0.29, 0.717) is 12.0 Å². The van der Waals surface area contributed by atoms with Gasteiger partial charge in [-0.15, -0.1) is 0 Å². The maximum atomic E-state index is 11.6. The molecule has 138 valence electrons. The van der Waals surface area contributed by atoms with Crippen LogP contribution in [-0.4, -0.2) is 55.2 Å². The van der Waals surface area contributed by atoms with Crippen LogP contribution in [0.5, 0.6) is 0 Å². The third-order valence-corrected chi connectivity index (χ3v) is 6.07. The summed E-state index contributed by atoms with van der Waals surface area (Å²) in [5.74, 6) is 0.114. The highest BCUT2D eigenvalue weighted by atomic mass is 32.1. The highest BCUT2D eigenvalue weighted by molar-refractivity contribution is 7.07. The van der Waals surface area contributed by atoms with Gasteiger partial charge in [-0.25, -0.2) is 0 Å². The largest absolute Gasteiger partial charge is 0.385 e. The Morgan fingerprint density at radius 3 is 2.92 bits per heavy atom. The second-order valence-corrected chi connectivity index (χ2v) is 8.29. The van der Waals surface area contributed by atoms with Crippen LogP contribution in [0.2, 0.25) is 0 Å². The van der Waals surface area contributed by atoms with Gasteiger partial charge < -0.3 is 14.9 Å². The lowest BCUT2D eigenvalue weighted by Gasteiger charge is -2.46. The molecule has 2 aromatic rings. The Bertz CT molecular complexity index is 753. The summed E-state index contributed by atoms with van der Waals surface area (Å²) >= 11 is 1.74. The predicted molar refractivity (Wildman–Crippen MR) is 106 cm³/mol. The third-order valence-electron chi connectivity index (χ3n) is 5.34. The van der Waals surface area contributed by atoms with E-state index in [1.54, 1.807) is 17.4 Å². The fraction of sp³-hybridized carbons (Fsp3) is 0.476. The molecule has 0 unspecified atom stereocenters. The zero-order valence-electron chi connectivity index (χ0n) is 15.6. The number of nitriles is 1. The summed E-state index contributed by atoms with van der Waals surface area (Å²) in [6, 6.07) is 11.9. The summed E-state index contributed by atoms with van der Waals surface area (Å²) in [5.41, 5.74) is 2.00. The number of rotatable bonds is 6. The van der Waals surface area contributed by atoms with Crippen molar-refractivity contribution in [2.24, 2.45) is 5.92 Å². The van der Waals surface area contributed by atoms with Crippen molar-refractivity contribution in [1.82, 2.24) is 9.80 Å². The first-order chi connectivity index (χ1) is 12.5. The molecule has 0 aliphatic carbocycles. The molecule has 5 heteroatoms. The molecule has 1 aromatic heterocycles. The molecular weight excluding hydrogens is 342 g/mol. The monoisotopic (exact) mass is 369 g/mol. The number of hydrogen-bond acceptors (Lipinski definition) is 5. The van der Waals surface area contributed by atoms with Gasteiger partial charge in [0.25, 0.3) is 0 Å². The topological polar surface area (TPSA) is 50.5 Å². The summed E-state index contributed by atoms with van der Waals surface area (Å²) < 4.78 is 0. The average molecular weight is 370 g/mol. The first-order valence-electron chi connectivity index (χ1n) is 9.12. The van der Waals surface area contributed by atoms with Gasteiger partial charge in [0.1, 0.15) is 0 Å². The van der Waals surface area contributed by atoms with E-state index < -0.39 is 5.60 Å². The van der Waals surface area contributed by atoms with E-state index in [4.69, 9.17) is 0 Å². The van der Waals surface area contributed by atoms with E-state index in [1.807, 2.05) is 18.2 Å². The molecule has 1 saturated heterocycles. The highest BCUT2D eigenvalue weighted by Gasteiger charge is 2.42. The number of aliphatic hydroxyl groups is 1. The fourth-order valence-electron chi connectivity index (χ4n) is 3.90. The van der Waals surface area contributed by atoms with Crippen LogP contribution in [0.4, 0.5) is 0 Å². The van der Waals surface area contributed by atoms with Gasteiger partial charge in [0.15, 0.2) is 0 Å². The second-order valence-electron chi connectivity index (χ2n) is 7.51. The molecule has 0 bridgehead atoms. The Morgan fingerprint density at radius 1 is 1.38 bits per heavy atom. The van der Waals surface area contributed by atoms with Crippen molar-refractivity contribution in [2.75, 3.05) is 40.3 Å². The Morgan fingerprint density at radius 2 is 2.23 bits per heavy atom. The normalized spacial score (nSPS) is 23.9. The van der Waals surface area contributed by atoms with Crippen LogP contribution in [-0.2, 0) is 12.0 Å². The summed E-state index contributed by atoms with van der Waals surface area (Å²) in [6.07, 6.45) is 1.75. The molecule has 26 heavy (non-hydrogen) atoms. The molecule has 1 aliphatic rings. The van der Waals surface area contributed by atoms with Gasteiger partial charge in [-0.1, -0.05) is 12.1 Å². The van der Waals surface area contributed by atoms with E-state index in [2.05, 4.69) is 46.8 Å². The highest BCUT2D eigenvalue weighted by Crippen LogP contribution is 2.38. The smallest absolute Gasteiger partial charge is 0.0991 e. The maximum Gasteiger partial charge on any atom is 0.0991 e. The SMILES string of the molecule is CN(C)C[C@H]1CN(CCc2ccsc2)CC[C@]1(O)c1cccc(C#N)c1. The molecule has 0 saturated carbocycles. The van der Waals surface area contributed by atoms with Gasteiger partial charge in [-0.05, 0) is 67.0 Å². The van der Waals surface area contributed by atoms with Crippen LogP contribution in [0, 0.1) is 17.2 Å². The Labute approximate surface area is 160 Å². The van der Waals surface area contributed by atoms with E-state index in [-0.39, 0.29) is 5.92 Å². The van der Waals surface area contributed by atoms with E-state index >= 15 is 0 Å². The number of piperidine rings is 1. The fourth-order valence-corrected chi connectivity index (χ4v) is 4.60. The summed E-state index contributed by atoms with van der Waals surface area (Å²) in [5, 5.41) is 25.1. The van der Waals surface area contributed by atoms with Gasteiger partial charge in [0.05, 0.1) is 17.2 Å². The standard InChI is InChI=1S/C21H27N3OS/c1-23(2)14-20-15-24(9-6-17-7-11-26-16-17)10-8-21(20,25)19-5-3-4-18(12-19)13-22/h3-5,7,11-12,16,20,25H,6,8-10,14-15H2,1-2H3/t20-,21-/m0/s1. The summed E-state index contributed by atoms with van der Waals surface area (Å²) in [6.45, 7) is 3.59.